The quantitative estimate of drug-likeness (QED) is 0.205. The zero-order valence-electron chi connectivity index (χ0n) is 23.3. The second kappa shape index (κ2) is 12.2. The molecule has 0 bridgehead atoms. The third-order valence-electron chi connectivity index (χ3n) is 7.79. The van der Waals surface area contributed by atoms with Crippen LogP contribution in [0.5, 0.6) is 0 Å². The van der Waals surface area contributed by atoms with E-state index in [4.69, 9.17) is 4.74 Å². The van der Waals surface area contributed by atoms with Gasteiger partial charge in [-0.3, -0.25) is 34.6 Å². The minimum Gasteiger partial charge on any atom is -0.444 e. The Hall–Kier alpha value is -5.17. The van der Waals surface area contributed by atoms with E-state index in [-0.39, 0.29) is 73.7 Å². The first-order chi connectivity index (χ1) is 21.3. The van der Waals surface area contributed by atoms with Gasteiger partial charge in [-0.15, -0.1) is 0 Å². The van der Waals surface area contributed by atoms with Gasteiger partial charge in [-0.1, -0.05) is 47.7 Å². The number of benzene rings is 2. The molecule has 1 aromatic heterocycles. The third kappa shape index (κ3) is 5.99. The molecule has 3 heterocycles. The first-order valence-corrected chi connectivity index (χ1v) is 14.8. The average molecular weight is 614 g/mol. The number of ketones is 2. The molecule has 2 fully saturated rings. The van der Waals surface area contributed by atoms with E-state index in [1.165, 1.54) is 28.6 Å². The van der Waals surface area contributed by atoms with Gasteiger partial charge in [-0.05, 0) is 30.0 Å². The zero-order chi connectivity index (χ0) is 30.8. The van der Waals surface area contributed by atoms with Crippen molar-refractivity contribution in [3.63, 3.8) is 0 Å². The maximum absolute atomic E-state index is 13.0. The van der Waals surface area contributed by atoms with Crippen LogP contribution in [0.15, 0.2) is 66.5 Å². The second-order valence-electron chi connectivity index (χ2n) is 10.6. The van der Waals surface area contributed by atoms with Gasteiger partial charge >= 0.3 is 6.09 Å². The Morgan fingerprint density at radius 2 is 1.82 bits per heavy atom. The van der Waals surface area contributed by atoms with Gasteiger partial charge in [0, 0.05) is 55.0 Å². The van der Waals surface area contributed by atoms with Crippen molar-refractivity contribution in [3.8, 4) is 0 Å². The first kappa shape index (κ1) is 28.9. The molecule has 224 valence electrons. The Balaban J connectivity index is 1.02. The summed E-state index contributed by atoms with van der Waals surface area (Å²) in [6.07, 6.45) is 3.04. The SMILES string of the molecule is O=C1CCC(N2Cc3c(NC(=O)OCc4cnc(NC=C5C(=O)CC(c6ccccc6)CC5=O)s4)cccc3C2=O)C(=O)N1. The molecule has 3 N–H and O–H groups in total. The van der Waals surface area contributed by atoms with Crippen LogP contribution in [-0.2, 0) is 37.1 Å². The van der Waals surface area contributed by atoms with Crippen LogP contribution >= 0.6 is 11.3 Å². The molecule has 1 aliphatic carbocycles. The molecule has 13 heteroatoms. The lowest BCUT2D eigenvalue weighted by atomic mass is 9.80. The Bertz CT molecular complexity index is 1700. The number of anilines is 2. The zero-order valence-corrected chi connectivity index (χ0v) is 24.1. The Morgan fingerprint density at radius 3 is 2.57 bits per heavy atom. The van der Waals surface area contributed by atoms with Crippen LogP contribution in [0.4, 0.5) is 15.6 Å². The fourth-order valence-corrected chi connectivity index (χ4v) is 6.27. The summed E-state index contributed by atoms with van der Waals surface area (Å²) in [5.74, 6) is -1.82. The van der Waals surface area contributed by atoms with Crippen molar-refractivity contribution >= 4 is 57.5 Å². The van der Waals surface area contributed by atoms with Crippen LogP contribution in [0.3, 0.4) is 0 Å². The highest BCUT2D eigenvalue weighted by molar-refractivity contribution is 7.15. The Labute approximate surface area is 255 Å². The molecular formula is C31H27N5O7S. The molecule has 1 unspecified atom stereocenters. The number of nitrogens with zero attached hydrogens (tertiary/aromatic N) is 2. The Morgan fingerprint density at radius 1 is 1.05 bits per heavy atom. The van der Waals surface area contributed by atoms with Crippen molar-refractivity contribution in [2.24, 2.45) is 0 Å². The standard InChI is InChI=1S/C31H27N5O7S/c37-25-11-18(17-5-2-1-3-6-17)12-26(38)21(25)14-33-30-32-13-19(44-30)16-43-31(42)34-23-8-4-7-20-22(23)15-36(29(20)41)24-9-10-27(39)35-28(24)40/h1-8,13-14,18,24H,9-12,15-16H2,(H,32,33)(H,34,42)(H,35,39,40). The molecule has 1 atom stereocenters. The van der Waals surface area contributed by atoms with Gasteiger partial charge in [0.25, 0.3) is 5.91 Å². The van der Waals surface area contributed by atoms with Crippen LogP contribution < -0.4 is 16.0 Å². The molecule has 3 aromatic rings. The normalized spacial score (nSPS) is 19.9. The van der Waals surface area contributed by atoms with Crippen molar-refractivity contribution in [3.05, 3.63) is 88.1 Å². The van der Waals surface area contributed by atoms with Crippen molar-refractivity contribution in [1.29, 1.82) is 0 Å². The summed E-state index contributed by atoms with van der Waals surface area (Å²) in [7, 11) is 0. The molecule has 2 aromatic carbocycles. The molecule has 4 amide bonds. The highest BCUT2D eigenvalue weighted by Crippen LogP contribution is 2.33. The number of rotatable bonds is 7. The molecular weight excluding hydrogens is 586 g/mol. The number of hydrogen-bond acceptors (Lipinski definition) is 10. The number of aromatic nitrogens is 1. The number of fused-ring (bicyclic) bond motifs is 1. The number of Topliss-reactive ketones (excluding diaryl/α,β-unsaturated/α-hetero) is 2. The fourth-order valence-electron chi connectivity index (χ4n) is 5.58. The van der Waals surface area contributed by atoms with Crippen LogP contribution in [0.1, 0.15) is 58.0 Å². The van der Waals surface area contributed by atoms with Crippen molar-refractivity contribution < 1.29 is 33.5 Å². The van der Waals surface area contributed by atoms with E-state index in [1.807, 2.05) is 30.3 Å². The summed E-state index contributed by atoms with van der Waals surface area (Å²) < 4.78 is 5.36. The van der Waals surface area contributed by atoms with Crippen molar-refractivity contribution in [1.82, 2.24) is 15.2 Å². The second-order valence-corrected chi connectivity index (χ2v) is 11.7. The van der Waals surface area contributed by atoms with E-state index in [0.717, 1.165) is 5.56 Å². The van der Waals surface area contributed by atoms with Crippen LogP contribution in [-0.4, -0.2) is 51.3 Å². The van der Waals surface area contributed by atoms with Gasteiger partial charge in [0.05, 0.1) is 10.5 Å². The molecule has 1 saturated heterocycles. The van der Waals surface area contributed by atoms with Crippen LogP contribution in [0, 0.1) is 0 Å². The molecule has 1 saturated carbocycles. The summed E-state index contributed by atoms with van der Waals surface area (Å²) in [5, 5.41) is 8.27. The van der Waals surface area contributed by atoms with E-state index in [1.54, 1.807) is 18.2 Å². The van der Waals surface area contributed by atoms with E-state index in [2.05, 4.69) is 20.9 Å². The number of amides is 4. The van der Waals surface area contributed by atoms with Crippen molar-refractivity contribution in [2.45, 2.75) is 50.8 Å². The summed E-state index contributed by atoms with van der Waals surface area (Å²) in [6, 6.07) is 13.6. The number of carbonyl (C=O) groups excluding carboxylic acids is 6. The smallest absolute Gasteiger partial charge is 0.411 e. The van der Waals surface area contributed by atoms with Gasteiger partial charge < -0.3 is 15.0 Å². The highest BCUT2D eigenvalue weighted by Gasteiger charge is 2.40. The van der Waals surface area contributed by atoms with E-state index < -0.39 is 18.0 Å². The molecule has 2 aliphatic heterocycles. The number of imide groups is 1. The van der Waals surface area contributed by atoms with Crippen LogP contribution in [0.25, 0.3) is 0 Å². The van der Waals surface area contributed by atoms with Gasteiger partial charge in [0.15, 0.2) is 16.7 Å². The summed E-state index contributed by atoms with van der Waals surface area (Å²) in [6.45, 7) is 0.0168. The van der Waals surface area contributed by atoms with Crippen LogP contribution in [0.2, 0.25) is 0 Å². The number of ether oxygens (including phenoxy) is 1. The van der Waals surface area contributed by atoms with Gasteiger partial charge in [0.1, 0.15) is 12.6 Å². The number of nitrogens with one attached hydrogen (secondary N) is 3. The van der Waals surface area contributed by atoms with E-state index in [0.29, 0.717) is 26.8 Å². The molecule has 0 radical (unpaired) electrons. The average Bonchev–Trinajstić information content (AvgIpc) is 3.60. The molecule has 0 spiro atoms. The number of allylic oxidation sites excluding steroid dienone is 1. The number of hydrogen-bond donors (Lipinski definition) is 3. The summed E-state index contributed by atoms with van der Waals surface area (Å²) in [5.41, 5.74) is 2.37. The molecule has 6 rings (SSSR count). The number of piperidine rings is 1. The molecule has 44 heavy (non-hydrogen) atoms. The summed E-state index contributed by atoms with van der Waals surface area (Å²) >= 11 is 1.20. The number of thiazole rings is 1. The maximum atomic E-state index is 13.0. The predicted octanol–water partition coefficient (Wildman–Crippen LogP) is 3.66. The minimum absolute atomic E-state index is 0.0886. The lowest BCUT2D eigenvalue weighted by molar-refractivity contribution is -0.137. The van der Waals surface area contributed by atoms with E-state index in [9.17, 15) is 28.8 Å². The fraction of sp³-hybridized carbons (Fsp3) is 0.258. The lowest BCUT2D eigenvalue weighted by Crippen LogP contribution is -2.52. The largest absolute Gasteiger partial charge is 0.444 e. The highest BCUT2D eigenvalue weighted by atomic mass is 32.1. The van der Waals surface area contributed by atoms with Crippen molar-refractivity contribution in [2.75, 3.05) is 10.6 Å². The maximum Gasteiger partial charge on any atom is 0.411 e. The predicted molar refractivity (Wildman–Crippen MR) is 159 cm³/mol. The minimum atomic E-state index is -0.766. The van der Waals surface area contributed by atoms with Gasteiger partial charge in [-0.2, -0.15) is 0 Å². The monoisotopic (exact) mass is 613 g/mol. The Kier molecular flexibility index (Phi) is 8.03. The first-order valence-electron chi connectivity index (χ1n) is 14.0. The van der Waals surface area contributed by atoms with Gasteiger partial charge in [0.2, 0.25) is 11.8 Å². The lowest BCUT2D eigenvalue weighted by Gasteiger charge is -2.29. The molecule has 3 aliphatic rings. The third-order valence-corrected chi connectivity index (χ3v) is 8.70. The summed E-state index contributed by atoms with van der Waals surface area (Å²) in [4.78, 5) is 81.1. The number of carbonyl (C=O) groups is 6. The molecule has 12 nitrogen and oxygen atoms in total. The van der Waals surface area contributed by atoms with E-state index >= 15 is 0 Å². The topological polar surface area (TPSA) is 164 Å². The van der Waals surface area contributed by atoms with Gasteiger partial charge in [-0.25, -0.2) is 9.78 Å².